The van der Waals surface area contributed by atoms with E-state index in [2.05, 4.69) is 0 Å². The molecule has 0 radical (unpaired) electrons. The highest BCUT2D eigenvalue weighted by molar-refractivity contribution is 5.93. The molecule has 0 unspecified atom stereocenters. The Hall–Kier alpha value is -3.02. The molecule has 26 heavy (non-hydrogen) atoms. The van der Waals surface area contributed by atoms with Crippen LogP contribution in [0.3, 0.4) is 0 Å². The van der Waals surface area contributed by atoms with Crippen molar-refractivity contribution in [2.75, 3.05) is 27.8 Å². The molecular formula is C20H23NO5. The molecule has 0 saturated heterocycles. The third kappa shape index (κ3) is 4.53. The number of ether oxygens (including phenoxy) is 3. The number of methoxy groups -OCH3 is 1. The number of hydrogen-bond donors (Lipinski definition) is 0. The van der Waals surface area contributed by atoms with Crippen molar-refractivity contribution in [2.24, 2.45) is 0 Å². The predicted molar refractivity (Wildman–Crippen MR) is 97.5 cm³/mol. The number of hydrogen-bond acceptors (Lipinski definition) is 5. The van der Waals surface area contributed by atoms with Gasteiger partial charge in [-0.05, 0) is 25.1 Å². The summed E-state index contributed by atoms with van der Waals surface area (Å²) in [5.41, 5.74) is 0.884. The van der Waals surface area contributed by atoms with Crippen LogP contribution in [-0.4, -0.2) is 44.6 Å². The average Bonchev–Trinajstić information content (AvgIpc) is 2.66. The maximum Gasteiger partial charge on any atom is 0.339 e. The van der Waals surface area contributed by atoms with E-state index < -0.39 is 12.1 Å². The van der Waals surface area contributed by atoms with Crippen LogP contribution in [0.5, 0.6) is 11.5 Å². The van der Waals surface area contributed by atoms with E-state index in [1.54, 1.807) is 50.5 Å². The molecule has 2 aromatic carbocycles. The van der Waals surface area contributed by atoms with Gasteiger partial charge in [0.25, 0.3) is 5.91 Å². The summed E-state index contributed by atoms with van der Waals surface area (Å²) in [6.45, 7) is 2.34. The fraction of sp³-hybridized carbons (Fsp3) is 0.300. The Morgan fingerprint density at radius 1 is 1.04 bits per heavy atom. The van der Waals surface area contributed by atoms with Crippen LogP contribution in [-0.2, 0) is 9.53 Å². The van der Waals surface area contributed by atoms with Crippen LogP contribution in [0.25, 0.3) is 0 Å². The first kappa shape index (κ1) is 19.3. The molecule has 0 N–H and O–H groups in total. The number of nitrogens with zero attached hydrogens (tertiary/aromatic N) is 1. The summed E-state index contributed by atoms with van der Waals surface area (Å²) in [5, 5.41) is 0. The lowest BCUT2D eigenvalue weighted by atomic mass is 10.1. The van der Waals surface area contributed by atoms with Gasteiger partial charge in [0.2, 0.25) is 6.10 Å². The molecule has 2 aromatic rings. The molecular weight excluding hydrogens is 334 g/mol. The average molecular weight is 357 g/mol. The lowest BCUT2D eigenvalue weighted by Crippen LogP contribution is -2.31. The lowest BCUT2D eigenvalue weighted by Gasteiger charge is -2.21. The molecule has 0 spiro atoms. The fourth-order valence-electron chi connectivity index (χ4n) is 2.37. The smallest absolute Gasteiger partial charge is 0.339 e. The van der Waals surface area contributed by atoms with Gasteiger partial charge in [-0.3, -0.25) is 4.79 Å². The monoisotopic (exact) mass is 357 g/mol. The van der Waals surface area contributed by atoms with Crippen molar-refractivity contribution >= 4 is 11.9 Å². The van der Waals surface area contributed by atoms with E-state index in [4.69, 9.17) is 14.2 Å². The third-order valence-corrected chi connectivity index (χ3v) is 3.69. The van der Waals surface area contributed by atoms with E-state index in [1.165, 1.54) is 18.1 Å². The van der Waals surface area contributed by atoms with Crippen molar-refractivity contribution in [3.63, 3.8) is 0 Å². The summed E-state index contributed by atoms with van der Waals surface area (Å²) in [6.07, 6.45) is -1.02. The van der Waals surface area contributed by atoms with Crippen molar-refractivity contribution in [3.05, 3.63) is 59.7 Å². The molecule has 138 valence electrons. The van der Waals surface area contributed by atoms with Gasteiger partial charge in [-0.1, -0.05) is 30.3 Å². The van der Waals surface area contributed by atoms with Crippen LogP contribution in [0.2, 0.25) is 0 Å². The largest absolute Gasteiger partial charge is 0.493 e. The Balaban J connectivity index is 2.28. The van der Waals surface area contributed by atoms with Gasteiger partial charge in [0.1, 0.15) is 0 Å². The Bertz CT molecular complexity index is 758. The van der Waals surface area contributed by atoms with Crippen LogP contribution >= 0.6 is 0 Å². The molecule has 0 aromatic heterocycles. The van der Waals surface area contributed by atoms with E-state index in [0.717, 1.165) is 0 Å². The number of likely N-dealkylation sites (N-methyl/N-ethyl adjacent to an activating group) is 1. The molecule has 1 atom stereocenters. The van der Waals surface area contributed by atoms with Crippen molar-refractivity contribution < 1.29 is 23.8 Å². The standard InChI is InChI=1S/C20H23NO5/c1-5-25-16-12-11-15(13-17(16)24-4)20(23)26-18(19(22)21(2)3)14-9-7-6-8-10-14/h6-13,18H,5H2,1-4H3/t18-/m0/s1. The van der Waals surface area contributed by atoms with Gasteiger partial charge in [-0.2, -0.15) is 0 Å². The van der Waals surface area contributed by atoms with E-state index in [-0.39, 0.29) is 11.5 Å². The van der Waals surface area contributed by atoms with Crippen LogP contribution in [0.1, 0.15) is 28.9 Å². The zero-order valence-electron chi connectivity index (χ0n) is 15.4. The van der Waals surface area contributed by atoms with Gasteiger partial charge in [0.15, 0.2) is 11.5 Å². The second-order valence-electron chi connectivity index (χ2n) is 5.73. The number of amides is 1. The molecule has 0 heterocycles. The van der Waals surface area contributed by atoms with E-state index in [0.29, 0.717) is 23.7 Å². The Labute approximate surface area is 153 Å². The molecule has 0 saturated carbocycles. The summed E-state index contributed by atoms with van der Waals surface area (Å²) in [4.78, 5) is 26.5. The van der Waals surface area contributed by atoms with Crippen molar-refractivity contribution in [3.8, 4) is 11.5 Å². The quantitative estimate of drug-likeness (QED) is 0.713. The minimum atomic E-state index is -1.02. The molecule has 1 amide bonds. The fourth-order valence-corrected chi connectivity index (χ4v) is 2.37. The molecule has 0 aliphatic carbocycles. The highest BCUT2D eigenvalue weighted by Crippen LogP contribution is 2.29. The second-order valence-corrected chi connectivity index (χ2v) is 5.73. The molecule has 0 aliphatic rings. The van der Waals surface area contributed by atoms with Crippen LogP contribution in [0.4, 0.5) is 0 Å². The summed E-state index contributed by atoms with van der Waals surface area (Å²) in [6, 6.07) is 13.7. The van der Waals surface area contributed by atoms with Crippen LogP contribution in [0.15, 0.2) is 48.5 Å². The lowest BCUT2D eigenvalue weighted by molar-refractivity contribution is -0.138. The van der Waals surface area contributed by atoms with Crippen LogP contribution in [0, 0.1) is 0 Å². The third-order valence-electron chi connectivity index (χ3n) is 3.69. The van der Waals surface area contributed by atoms with Gasteiger partial charge in [-0.15, -0.1) is 0 Å². The highest BCUT2D eigenvalue weighted by Gasteiger charge is 2.27. The number of rotatable bonds is 7. The summed E-state index contributed by atoms with van der Waals surface area (Å²) in [5.74, 6) is 0.0323. The normalized spacial score (nSPS) is 11.4. The van der Waals surface area contributed by atoms with E-state index >= 15 is 0 Å². The van der Waals surface area contributed by atoms with Gasteiger partial charge in [0, 0.05) is 19.7 Å². The first-order chi connectivity index (χ1) is 12.5. The van der Waals surface area contributed by atoms with Crippen molar-refractivity contribution in [1.29, 1.82) is 0 Å². The van der Waals surface area contributed by atoms with Crippen molar-refractivity contribution in [1.82, 2.24) is 4.90 Å². The van der Waals surface area contributed by atoms with Gasteiger partial charge >= 0.3 is 5.97 Å². The van der Waals surface area contributed by atoms with Gasteiger partial charge < -0.3 is 19.1 Å². The first-order valence-electron chi connectivity index (χ1n) is 8.25. The number of carbonyl (C=O) groups is 2. The van der Waals surface area contributed by atoms with E-state index in [9.17, 15) is 9.59 Å². The number of carbonyl (C=O) groups excluding carboxylic acids is 2. The maximum absolute atomic E-state index is 12.6. The van der Waals surface area contributed by atoms with Gasteiger partial charge in [-0.25, -0.2) is 4.79 Å². The Morgan fingerprint density at radius 3 is 2.31 bits per heavy atom. The molecule has 2 rings (SSSR count). The molecule has 6 nitrogen and oxygen atoms in total. The second kappa shape index (κ2) is 8.89. The number of benzene rings is 2. The zero-order valence-corrected chi connectivity index (χ0v) is 15.4. The minimum absolute atomic E-state index is 0.276. The summed E-state index contributed by atoms with van der Waals surface area (Å²) < 4.78 is 16.2. The van der Waals surface area contributed by atoms with Crippen molar-refractivity contribution in [2.45, 2.75) is 13.0 Å². The molecule has 0 bridgehead atoms. The summed E-state index contributed by atoms with van der Waals surface area (Å²) >= 11 is 0. The topological polar surface area (TPSA) is 65.1 Å². The molecule has 0 aliphatic heterocycles. The number of esters is 1. The van der Waals surface area contributed by atoms with E-state index in [1.807, 2.05) is 13.0 Å². The highest BCUT2D eigenvalue weighted by atomic mass is 16.5. The Morgan fingerprint density at radius 2 is 1.73 bits per heavy atom. The van der Waals surface area contributed by atoms with Crippen LogP contribution < -0.4 is 9.47 Å². The SMILES string of the molecule is CCOc1ccc(C(=O)O[C@H](C(=O)N(C)C)c2ccccc2)cc1OC. The molecule has 6 heteroatoms. The zero-order chi connectivity index (χ0) is 19.1. The Kier molecular flexibility index (Phi) is 6.60. The van der Waals surface area contributed by atoms with Gasteiger partial charge in [0.05, 0.1) is 19.3 Å². The predicted octanol–water partition coefficient (Wildman–Crippen LogP) is 3.08. The molecule has 0 fully saturated rings. The summed E-state index contributed by atoms with van der Waals surface area (Å²) in [7, 11) is 4.73. The first-order valence-corrected chi connectivity index (χ1v) is 8.25. The maximum atomic E-state index is 12.6. The minimum Gasteiger partial charge on any atom is -0.493 e.